The molecule has 9 nitrogen and oxygen atoms in total. The average Bonchev–Trinajstić information content (AvgIpc) is 3.21. The normalized spacial score (nSPS) is 14.0. The van der Waals surface area contributed by atoms with Crippen LogP contribution in [-0.2, 0) is 14.3 Å². The van der Waals surface area contributed by atoms with Crippen molar-refractivity contribution in [2.24, 2.45) is 0 Å². The number of ether oxygens (including phenoxy) is 1. The summed E-state index contributed by atoms with van der Waals surface area (Å²) >= 11 is 1.24. The van der Waals surface area contributed by atoms with E-state index in [0.717, 1.165) is 32.0 Å². The lowest BCUT2D eigenvalue weighted by atomic mass is 10.2. The molecular formula is C17H22N6O3S. The second-order valence-electron chi connectivity index (χ2n) is 6.02. The van der Waals surface area contributed by atoms with Gasteiger partial charge in [0.05, 0.1) is 25.5 Å². The lowest BCUT2D eigenvalue weighted by Gasteiger charge is -2.28. The Bertz CT molecular complexity index is 747. The van der Waals surface area contributed by atoms with E-state index in [1.54, 1.807) is 7.05 Å². The summed E-state index contributed by atoms with van der Waals surface area (Å²) in [5.74, 6) is -0.211. The molecule has 0 spiro atoms. The zero-order valence-corrected chi connectivity index (χ0v) is 15.9. The molecular weight excluding hydrogens is 368 g/mol. The van der Waals surface area contributed by atoms with Crippen LogP contribution in [0.15, 0.2) is 35.7 Å². The zero-order valence-electron chi connectivity index (χ0n) is 15.1. The van der Waals surface area contributed by atoms with Gasteiger partial charge in [-0.1, -0.05) is 11.8 Å². The van der Waals surface area contributed by atoms with E-state index in [2.05, 4.69) is 25.4 Å². The van der Waals surface area contributed by atoms with Crippen molar-refractivity contribution in [1.82, 2.24) is 20.1 Å². The van der Waals surface area contributed by atoms with Gasteiger partial charge < -0.3 is 19.9 Å². The Morgan fingerprint density at radius 3 is 2.70 bits per heavy atom. The number of H-pyrrole nitrogens is 1. The molecule has 2 heterocycles. The van der Waals surface area contributed by atoms with Crippen LogP contribution in [0.2, 0.25) is 0 Å². The van der Waals surface area contributed by atoms with Crippen molar-refractivity contribution in [3.63, 3.8) is 0 Å². The third-order valence-corrected chi connectivity index (χ3v) is 4.92. The van der Waals surface area contributed by atoms with Crippen LogP contribution in [0.4, 0.5) is 11.4 Å². The highest BCUT2D eigenvalue weighted by Crippen LogP contribution is 2.19. The molecule has 10 heteroatoms. The molecule has 144 valence electrons. The maximum atomic E-state index is 12.2. The molecule has 0 atom stereocenters. The minimum atomic E-state index is -0.241. The summed E-state index contributed by atoms with van der Waals surface area (Å²) in [6, 6.07) is 7.68. The fraction of sp³-hybridized carbons (Fsp3) is 0.412. The van der Waals surface area contributed by atoms with E-state index in [1.165, 1.54) is 23.0 Å². The molecule has 2 N–H and O–H groups in total. The maximum Gasteiger partial charge on any atom is 0.243 e. The zero-order chi connectivity index (χ0) is 19.1. The van der Waals surface area contributed by atoms with Gasteiger partial charge in [0.15, 0.2) is 5.16 Å². The lowest BCUT2D eigenvalue weighted by Crippen LogP contribution is -2.36. The molecule has 1 aliphatic heterocycles. The highest BCUT2D eigenvalue weighted by Gasteiger charge is 2.15. The lowest BCUT2D eigenvalue weighted by molar-refractivity contribution is -0.131. The fourth-order valence-corrected chi connectivity index (χ4v) is 3.30. The van der Waals surface area contributed by atoms with Crippen LogP contribution in [0.1, 0.15) is 0 Å². The number of likely N-dealkylation sites (N-methyl/N-ethyl adjacent to an activating group) is 1. The Morgan fingerprint density at radius 2 is 2.04 bits per heavy atom. The van der Waals surface area contributed by atoms with Crippen molar-refractivity contribution in [1.29, 1.82) is 0 Å². The summed E-state index contributed by atoms with van der Waals surface area (Å²) in [6.07, 6.45) is 1.38. The van der Waals surface area contributed by atoms with Crippen LogP contribution in [0.25, 0.3) is 0 Å². The van der Waals surface area contributed by atoms with Crippen molar-refractivity contribution in [3.8, 4) is 0 Å². The number of nitrogens with zero attached hydrogens (tertiary/aromatic N) is 4. The summed E-state index contributed by atoms with van der Waals surface area (Å²) in [7, 11) is 1.60. The summed E-state index contributed by atoms with van der Waals surface area (Å²) in [4.78, 5) is 31.8. The van der Waals surface area contributed by atoms with Gasteiger partial charge in [-0.15, -0.1) is 0 Å². The third-order valence-electron chi connectivity index (χ3n) is 4.06. The number of amides is 2. The number of carbonyl (C=O) groups excluding carboxylic acids is 2. The van der Waals surface area contributed by atoms with Crippen LogP contribution in [-0.4, -0.2) is 77.5 Å². The third kappa shape index (κ3) is 5.69. The van der Waals surface area contributed by atoms with E-state index in [4.69, 9.17) is 4.74 Å². The van der Waals surface area contributed by atoms with Gasteiger partial charge >= 0.3 is 0 Å². The Hall–Kier alpha value is -2.59. The number of rotatable bonds is 7. The Balaban J connectivity index is 1.44. The van der Waals surface area contributed by atoms with Crippen molar-refractivity contribution < 1.29 is 14.3 Å². The van der Waals surface area contributed by atoms with Crippen LogP contribution in [0, 0.1) is 0 Å². The molecule has 2 amide bonds. The number of carbonyl (C=O) groups is 2. The minimum absolute atomic E-state index is 0.0129. The Morgan fingerprint density at radius 1 is 1.30 bits per heavy atom. The molecule has 1 aromatic heterocycles. The summed E-state index contributed by atoms with van der Waals surface area (Å²) in [5, 5.41) is 9.78. The Labute approximate surface area is 161 Å². The van der Waals surface area contributed by atoms with E-state index in [-0.39, 0.29) is 24.1 Å². The van der Waals surface area contributed by atoms with Crippen molar-refractivity contribution in [2.75, 3.05) is 55.9 Å². The first kappa shape index (κ1) is 19.2. The van der Waals surface area contributed by atoms with E-state index in [0.29, 0.717) is 10.8 Å². The number of anilines is 2. The van der Waals surface area contributed by atoms with Gasteiger partial charge in [0.25, 0.3) is 0 Å². The Kier molecular flexibility index (Phi) is 6.66. The van der Waals surface area contributed by atoms with Crippen LogP contribution >= 0.6 is 11.8 Å². The van der Waals surface area contributed by atoms with Crippen LogP contribution in [0.3, 0.4) is 0 Å². The van der Waals surface area contributed by atoms with Gasteiger partial charge in [-0.2, -0.15) is 5.10 Å². The van der Waals surface area contributed by atoms with Gasteiger partial charge in [-0.05, 0) is 24.3 Å². The molecule has 1 aromatic carbocycles. The molecule has 27 heavy (non-hydrogen) atoms. The molecule has 1 saturated heterocycles. The average molecular weight is 390 g/mol. The van der Waals surface area contributed by atoms with Gasteiger partial charge in [-0.3, -0.25) is 14.7 Å². The standard InChI is InChI=1S/C17H22N6O3S/c1-22(16(25)11-27-17-18-12-19-21-17)10-15(24)20-13-2-4-14(5-3-13)23-6-8-26-9-7-23/h2-5,12H,6-11H2,1H3,(H,20,24)(H,18,19,21). The van der Waals surface area contributed by atoms with Crippen molar-refractivity contribution in [3.05, 3.63) is 30.6 Å². The fourth-order valence-electron chi connectivity index (χ4n) is 2.59. The van der Waals surface area contributed by atoms with Crippen LogP contribution < -0.4 is 10.2 Å². The molecule has 0 aliphatic carbocycles. The second kappa shape index (κ2) is 9.38. The molecule has 0 saturated carbocycles. The van der Waals surface area contributed by atoms with Gasteiger partial charge in [0, 0.05) is 31.5 Å². The molecule has 1 aliphatic rings. The monoisotopic (exact) mass is 390 g/mol. The summed E-state index contributed by atoms with van der Waals surface area (Å²) in [5.41, 5.74) is 1.81. The molecule has 3 rings (SSSR count). The van der Waals surface area contributed by atoms with E-state index in [1.807, 2.05) is 24.3 Å². The molecule has 2 aromatic rings. The van der Waals surface area contributed by atoms with Gasteiger partial charge in [0.1, 0.15) is 6.33 Å². The molecule has 0 unspecified atom stereocenters. The number of hydrogen-bond donors (Lipinski definition) is 2. The largest absolute Gasteiger partial charge is 0.378 e. The number of morpholine rings is 1. The quantitative estimate of drug-likeness (QED) is 0.675. The number of benzene rings is 1. The number of aromatic nitrogens is 3. The molecule has 1 fully saturated rings. The predicted octanol–water partition coefficient (Wildman–Crippen LogP) is 0.830. The first-order valence-electron chi connectivity index (χ1n) is 8.56. The number of hydrogen-bond acceptors (Lipinski definition) is 7. The van der Waals surface area contributed by atoms with E-state index >= 15 is 0 Å². The molecule has 0 bridgehead atoms. The van der Waals surface area contributed by atoms with Crippen LogP contribution in [0.5, 0.6) is 0 Å². The smallest absolute Gasteiger partial charge is 0.243 e. The number of thioether (sulfide) groups is 1. The molecule has 0 radical (unpaired) electrons. The summed E-state index contributed by atoms with van der Waals surface area (Å²) in [6.45, 7) is 3.18. The SMILES string of the molecule is CN(CC(=O)Nc1ccc(N2CCOCC2)cc1)C(=O)CSc1ncn[nH]1. The first-order valence-corrected chi connectivity index (χ1v) is 9.55. The van der Waals surface area contributed by atoms with Crippen molar-refractivity contribution >= 4 is 35.0 Å². The highest BCUT2D eigenvalue weighted by atomic mass is 32.2. The maximum absolute atomic E-state index is 12.2. The van der Waals surface area contributed by atoms with E-state index < -0.39 is 0 Å². The first-order chi connectivity index (χ1) is 13.1. The highest BCUT2D eigenvalue weighted by molar-refractivity contribution is 7.99. The summed E-state index contributed by atoms with van der Waals surface area (Å²) < 4.78 is 5.35. The van der Waals surface area contributed by atoms with Gasteiger partial charge in [-0.25, -0.2) is 4.98 Å². The number of aromatic amines is 1. The minimum Gasteiger partial charge on any atom is -0.378 e. The van der Waals surface area contributed by atoms with E-state index in [9.17, 15) is 9.59 Å². The second-order valence-corrected chi connectivity index (χ2v) is 6.99. The topological polar surface area (TPSA) is 103 Å². The number of nitrogens with one attached hydrogen (secondary N) is 2. The predicted molar refractivity (Wildman–Crippen MR) is 103 cm³/mol. The van der Waals surface area contributed by atoms with Gasteiger partial charge in [0.2, 0.25) is 11.8 Å². The van der Waals surface area contributed by atoms with Crippen molar-refractivity contribution in [2.45, 2.75) is 5.16 Å².